The van der Waals surface area contributed by atoms with Gasteiger partial charge in [-0.15, -0.1) is 11.3 Å². The molecule has 19 heavy (non-hydrogen) atoms. The van der Waals surface area contributed by atoms with E-state index in [-0.39, 0.29) is 0 Å². The van der Waals surface area contributed by atoms with Crippen LogP contribution in [-0.2, 0) is 0 Å². The SMILES string of the molecule is Cc1nc2c(C)cc(Br)cn2c1-c1csc(NN)n1. The maximum atomic E-state index is 5.38. The van der Waals surface area contributed by atoms with Gasteiger partial charge in [0.1, 0.15) is 11.3 Å². The average Bonchev–Trinajstić information content (AvgIpc) is 2.93. The molecule has 3 N–H and O–H groups in total. The van der Waals surface area contributed by atoms with E-state index in [2.05, 4.69) is 41.8 Å². The molecule has 0 saturated heterocycles. The second kappa shape index (κ2) is 4.59. The molecular formula is C12H12BrN5S. The monoisotopic (exact) mass is 337 g/mol. The van der Waals surface area contributed by atoms with Crippen molar-refractivity contribution in [3.05, 3.63) is 33.4 Å². The molecule has 3 heterocycles. The topological polar surface area (TPSA) is 68.2 Å². The van der Waals surface area contributed by atoms with E-state index in [1.54, 1.807) is 0 Å². The Morgan fingerprint density at radius 3 is 2.84 bits per heavy atom. The molecule has 5 nitrogen and oxygen atoms in total. The minimum Gasteiger partial charge on any atom is -0.300 e. The lowest BCUT2D eigenvalue weighted by molar-refractivity contribution is 1.14. The summed E-state index contributed by atoms with van der Waals surface area (Å²) in [5.74, 6) is 5.38. The van der Waals surface area contributed by atoms with Gasteiger partial charge in [-0.2, -0.15) is 0 Å². The van der Waals surface area contributed by atoms with E-state index in [9.17, 15) is 0 Å². The molecule has 3 rings (SSSR count). The molecule has 0 radical (unpaired) electrons. The van der Waals surface area contributed by atoms with E-state index in [1.165, 1.54) is 11.3 Å². The number of thiazole rings is 1. The number of nitrogens with zero attached hydrogens (tertiary/aromatic N) is 3. The van der Waals surface area contributed by atoms with Crippen LogP contribution in [0.2, 0.25) is 0 Å². The summed E-state index contributed by atoms with van der Waals surface area (Å²) in [7, 11) is 0. The third-order valence-electron chi connectivity index (χ3n) is 2.92. The zero-order chi connectivity index (χ0) is 13.6. The zero-order valence-electron chi connectivity index (χ0n) is 10.4. The highest BCUT2D eigenvalue weighted by atomic mass is 79.9. The third kappa shape index (κ3) is 2.03. The first-order chi connectivity index (χ1) is 9.10. The van der Waals surface area contributed by atoms with Crippen LogP contribution in [0, 0.1) is 13.8 Å². The maximum Gasteiger partial charge on any atom is 0.197 e. The number of aromatic nitrogens is 3. The zero-order valence-corrected chi connectivity index (χ0v) is 12.8. The fraction of sp³-hybridized carbons (Fsp3) is 0.167. The van der Waals surface area contributed by atoms with Crippen LogP contribution in [0.3, 0.4) is 0 Å². The van der Waals surface area contributed by atoms with E-state index in [0.29, 0.717) is 5.13 Å². The Labute approximate surface area is 122 Å². The maximum absolute atomic E-state index is 5.38. The molecule has 0 atom stereocenters. The molecule has 0 aromatic carbocycles. The summed E-state index contributed by atoms with van der Waals surface area (Å²) >= 11 is 4.99. The largest absolute Gasteiger partial charge is 0.300 e. The van der Waals surface area contributed by atoms with E-state index in [0.717, 1.165) is 32.8 Å². The highest BCUT2D eigenvalue weighted by Crippen LogP contribution is 2.30. The number of pyridine rings is 1. The van der Waals surface area contributed by atoms with Gasteiger partial charge in [0.2, 0.25) is 0 Å². The predicted octanol–water partition coefficient (Wildman–Crippen LogP) is 3.12. The van der Waals surface area contributed by atoms with Crippen molar-refractivity contribution in [2.75, 3.05) is 5.43 Å². The lowest BCUT2D eigenvalue weighted by Gasteiger charge is -2.03. The lowest BCUT2D eigenvalue weighted by Crippen LogP contribution is -2.05. The first-order valence-electron chi connectivity index (χ1n) is 5.67. The van der Waals surface area contributed by atoms with Gasteiger partial charge in [-0.05, 0) is 41.4 Å². The number of nitrogen functional groups attached to an aromatic ring is 1. The van der Waals surface area contributed by atoms with Crippen LogP contribution in [0.4, 0.5) is 5.13 Å². The first-order valence-corrected chi connectivity index (χ1v) is 7.34. The summed E-state index contributed by atoms with van der Waals surface area (Å²) in [4.78, 5) is 9.07. The summed E-state index contributed by atoms with van der Waals surface area (Å²) in [6, 6.07) is 2.06. The average molecular weight is 338 g/mol. The number of hydrazine groups is 1. The van der Waals surface area contributed by atoms with Crippen molar-refractivity contribution in [1.82, 2.24) is 14.4 Å². The molecule has 0 spiro atoms. The molecule has 0 aliphatic carbocycles. The Bertz CT molecular complexity index is 761. The number of hydrogen-bond donors (Lipinski definition) is 2. The van der Waals surface area contributed by atoms with Crippen molar-refractivity contribution in [3.8, 4) is 11.4 Å². The smallest absolute Gasteiger partial charge is 0.197 e. The Morgan fingerprint density at radius 2 is 2.16 bits per heavy atom. The molecule has 3 aromatic rings. The van der Waals surface area contributed by atoms with Gasteiger partial charge < -0.3 is 0 Å². The third-order valence-corrected chi connectivity index (χ3v) is 4.12. The van der Waals surface area contributed by atoms with E-state index in [1.807, 2.05) is 25.4 Å². The van der Waals surface area contributed by atoms with Gasteiger partial charge in [-0.25, -0.2) is 15.8 Å². The van der Waals surface area contributed by atoms with Gasteiger partial charge in [-0.3, -0.25) is 9.83 Å². The Kier molecular flexibility index (Phi) is 3.04. The standard InChI is InChI=1S/C12H12BrN5S/c1-6-3-8(13)4-18-10(7(2)15-11(6)18)9-5-19-12(16-9)17-14/h3-5H,14H2,1-2H3,(H,16,17). The summed E-state index contributed by atoms with van der Waals surface area (Å²) in [5, 5.41) is 2.66. The number of nitrogens with one attached hydrogen (secondary N) is 1. The minimum atomic E-state index is 0.691. The highest BCUT2D eigenvalue weighted by Gasteiger charge is 2.15. The quantitative estimate of drug-likeness (QED) is 0.556. The first kappa shape index (κ1) is 12.6. The van der Waals surface area contributed by atoms with Crippen LogP contribution < -0.4 is 11.3 Å². The molecule has 98 valence electrons. The van der Waals surface area contributed by atoms with Crippen LogP contribution in [0.1, 0.15) is 11.3 Å². The predicted molar refractivity (Wildman–Crippen MR) is 81.3 cm³/mol. The lowest BCUT2D eigenvalue weighted by atomic mass is 10.3. The number of hydrogen-bond acceptors (Lipinski definition) is 5. The number of aryl methyl sites for hydroxylation is 2. The normalized spacial score (nSPS) is 11.2. The molecule has 0 aliphatic heterocycles. The highest BCUT2D eigenvalue weighted by molar-refractivity contribution is 9.10. The van der Waals surface area contributed by atoms with Crippen LogP contribution in [-0.4, -0.2) is 14.4 Å². The van der Waals surface area contributed by atoms with Gasteiger partial charge in [0.25, 0.3) is 0 Å². The van der Waals surface area contributed by atoms with Gasteiger partial charge in [-0.1, -0.05) is 0 Å². The summed E-state index contributed by atoms with van der Waals surface area (Å²) < 4.78 is 3.08. The molecular weight excluding hydrogens is 326 g/mol. The van der Waals surface area contributed by atoms with Crippen molar-refractivity contribution in [1.29, 1.82) is 0 Å². The van der Waals surface area contributed by atoms with Crippen LogP contribution in [0.25, 0.3) is 17.0 Å². The summed E-state index contributed by atoms with van der Waals surface area (Å²) in [6.45, 7) is 4.04. The van der Waals surface area contributed by atoms with Gasteiger partial charge >= 0.3 is 0 Å². The number of anilines is 1. The molecule has 7 heteroatoms. The fourth-order valence-electron chi connectivity index (χ4n) is 2.14. The summed E-state index contributed by atoms with van der Waals surface area (Å²) in [6.07, 6.45) is 2.01. The van der Waals surface area contributed by atoms with Crippen LogP contribution >= 0.6 is 27.3 Å². The van der Waals surface area contributed by atoms with Crippen molar-refractivity contribution in [3.63, 3.8) is 0 Å². The van der Waals surface area contributed by atoms with Crippen molar-refractivity contribution < 1.29 is 0 Å². The number of halogens is 1. The van der Waals surface area contributed by atoms with Crippen molar-refractivity contribution >= 4 is 38.0 Å². The number of nitrogens with two attached hydrogens (primary N) is 1. The van der Waals surface area contributed by atoms with Crippen LogP contribution in [0.5, 0.6) is 0 Å². The molecule has 0 saturated carbocycles. The number of fused-ring (bicyclic) bond motifs is 1. The summed E-state index contributed by atoms with van der Waals surface area (Å²) in [5.41, 5.74) is 7.47. The van der Waals surface area contributed by atoms with Crippen molar-refractivity contribution in [2.24, 2.45) is 5.84 Å². The molecule has 0 amide bonds. The number of imidazole rings is 1. The van der Waals surface area contributed by atoms with E-state index in [4.69, 9.17) is 5.84 Å². The Balaban J connectivity index is 2.31. The second-order valence-electron chi connectivity index (χ2n) is 4.26. The van der Waals surface area contributed by atoms with Gasteiger partial charge in [0, 0.05) is 16.0 Å². The van der Waals surface area contributed by atoms with E-state index < -0.39 is 0 Å². The molecule has 3 aromatic heterocycles. The second-order valence-corrected chi connectivity index (χ2v) is 6.04. The Morgan fingerprint density at radius 1 is 1.37 bits per heavy atom. The Hall–Kier alpha value is -1.44. The fourth-order valence-corrected chi connectivity index (χ4v) is 3.29. The molecule has 0 aliphatic rings. The molecule has 0 fully saturated rings. The number of rotatable bonds is 2. The molecule has 0 unspecified atom stereocenters. The minimum absolute atomic E-state index is 0.691. The van der Waals surface area contributed by atoms with Gasteiger partial charge in [0.15, 0.2) is 5.13 Å². The van der Waals surface area contributed by atoms with Crippen molar-refractivity contribution in [2.45, 2.75) is 13.8 Å². The van der Waals surface area contributed by atoms with Gasteiger partial charge in [0.05, 0.1) is 11.4 Å². The molecule has 0 bridgehead atoms. The van der Waals surface area contributed by atoms with E-state index >= 15 is 0 Å². The van der Waals surface area contributed by atoms with Crippen LogP contribution in [0.15, 0.2) is 22.1 Å².